The molecule has 0 spiro atoms. The predicted molar refractivity (Wildman–Crippen MR) is 132 cm³/mol. The number of aromatic nitrogens is 1. The van der Waals surface area contributed by atoms with E-state index in [0.29, 0.717) is 11.6 Å². The van der Waals surface area contributed by atoms with E-state index in [2.05, 4.69) is 15.6 Å². The Morgan fingerprint density at radius 3 is 2.66 bits per heavy atom. The van der Waals surface area contributed by atoms with Crippen molar-refractivity contribution in [1.29, 1.82) is 0 Å². The fourth-order valence-corrected chi connectivity index (χ4v) is 4.61. The van der Waals surface area contributed by atoms with Crippen molar-refractivity contribution in [2.24, 2.45) is 5.92 Å². The second kappa shape index (κ2) is 11.0. The molecular formula is C23H30N4O7S. The SMILES string of the molecule is CCN(OC(=O)CC(O)(CC(=O)O)C(=O)O)C(=S)Nc1ccc2[nH]c3c(c2c1)CC(CNC)CC3. The second-order valence-corrected chi connectivity index (χ2v) is 9.07. The summed E-state index contributed by atoms with van der Waals surface area (Å²) in [6.45, 7) is 2.75. The predicted octanol–water partition coefficient (Wildman–Crippen LogP) is 1.65. The lowest BCUT2D eigenvalue weighted by atomic mass is 9.86. The average molecular weight is 507 g/mol. The average Bonchev–Trinajstić information content (AvgIpc) is 3.14. The number of benzene rings is 1. The van der Waals surface area contributed by atoms with Crippen molar-refractivity contribution in [2.45, 2.75) is 44.6 Å². The second-order valence-electron chi connectivity index (χ2n) is 8.68. The first-order valence-corrected chi connectivity index (χ1v) is 11.7. The molecule has 12 heteroatoms. The quantitative estimate of drug-likeness (QED) is 0.216. The summed E-state index contributed by atoms with van der Waals surface area (Å²) in [5.74, 6) is -3.97. The summed E-state index contributed by atoms with van der Waals surface area (Å²) in [6.07, 6.45) is 0.870. The van der Waals surface area contributed by atoms with Crippen LogP contribution in [0.1, 0.15) is 37.4 Å². The lowest BCUT2D eigenvalue weighted by Gasteiger charge is -2.25. The molecule has 1 aromatic carbocycles. The Hall–Kier alpha value is -3.22. The minimum absolute atomic E-state index is 0.0507. The van der Waals surface area contributed by atoms with Gasteiger partial charge in [0.15, 0.2) is 5.60 Å². The van der Waals surface area contributed by atoms with Crippen molar-refractivity contribution < 1.29 is 34.5 Å². The molecule has 0 saturated carbocycles. The molecule has 2 aromatic rings. The minimum Gasteiger partial charge on any atom is -0.481 e. The van der Waals surface area contributed by atoms with Crippen LogP contribution in [0.3, 0.4) is 0 Å². The lowest BCUT2D eigenvalue weighted by Crippen LogP contribution is -2.45. The maximum Gasteiger partial charge on any atom is 0.336 e. The third-order valence-corrected chi connectivity index (χ3v) is 6.34. The number of hydrogen-bond donors (Lipinski definition) is 6. The molecule has 0 fully saturated rings. The summed E-state index contributed by atoms with van der Waals surface area (Å²) < 4.78 is 0. The van der Waals surface area contributed by atoms with Gasteiger partial charge in [-0.1, -0.05) is 0 Å². The number of aliphatic carboxylic acids is 2. The number of hydrogen-bond acceptors (Lipinski definition) is 7. The topological polar surface area (TPSA) is 164 Å². The Bertz CT molecular complexity index is 1130. The third-order valence-electron chi connectivity index (χ3n) is 6.04. The Morgan fingerprint density at radius 2 is 2.03 bits per heavy atom. The van der Waals surface area contributed by atoms with Crippen LogP contribution in [-0.4, -0.2) is 74.1 Å². The van der Waals surface area contributed by atoms with Crippen molar-refractivity contribution in [3.8, 4) is 0 Å². The highest BCUT2D eigenvalue weighted by Gasteiger charge is 2.42. The van der Waals surface area contributed by atoms with Gasteiger partial charge in [-0.05, 0) is 81.7 Å². The van der Waals surface area contributed by atoms with Gasteiger partial charge in [-0.3, -0.25) is 4.79 Å². The molecule has 1 aromatic heterocycles. The number of aliphatic hydroxyl groups is 1. The number of carbonyl (C=O) groups is 3. The number of nitrogens with one attached hydrogen (secondary N) is 3. The number of anilines is 1. The number of thiocarbonyl (C=S) groups is 1. The first-order valence-electron chi connectivity index (χ1n) is 11.3. The summed E-state index contributed by atoms with van der Waals surface area (Å²) >= 11 is 5.36. The Balaban J connectivity index is 1.70. The molecule has 35 heavy (non-hydrogen) atoms. The first-order chi connectivity index (χ1) is 16.6. The summed E-state index contributed by atoms with van der Waals surface area (Å²) in [6, 6.07) is 5.77. The molecule has 0 saturated heterocycles. The van der Waals surface area contributed by atoms with Crippen molar-refractivity contribution in [3.05, 3.63) is 29.5 Å². The van der Waals surface area contributed by atoms with Crippen LogP contribution in [0.15, 0.2) is 18.2 Å². The number of aryl methyl sites for hydroxylation is 1. The number of carboxylic acids is 2. The molecule has 190 valence electrons. The summed E-state index contributed by atoms with van der Waals surface area (Å²) in [5, 5.41) is 36.5. The van der Waals surface area contributed by atoms with Crippen LogP contribution in [0.25, 0.3) is 10.9 Å². The van der Waals surface area contributed by atoms with E-state index in [9.17, 15) is 19.5 Å². The molecule has 0 aliphatic heterocycles. The van der Waals surface area contributed by atoms with E-state index >= 15 is 0 Å². The number of fused-ring (bicyclic) bond motifs is 3. The molecule has 0 amide bonds. The summed E-state index contributed by atoms with van der Waals surface area (Å²) in [5.41, 5.74) is 1.44. The summed E-state index contributed by atoms with van der Waals surface area (Å²) in [4.78, 5) is 43.1. The molecule has 11 nitrogen and oxygen atoms in total. The van der Waals surface area contributed by atoms with Crippen LogP contribution in [0.5, 0.6) is 0 Å². The number of rotatable bonds is 9. The van der Waals surface area contributed by atoms with Gasteiger partial charge >= 0.3 is 17.9 Å². The van der Waals surface area contributed by atoms with E-state index in [1.165, 1.54) is 11.3 Å². The molecule has 6 N–H and O–H groups in total. The van der Waals surface area contributed by atoms with E-state index in [-0.39, 0.29) is 11.7 Å². The summed E-state index contributed by atoms with van der Waals surface area (Å²) in [7, 11) is 1.95. The maximum atomic E-state index is 12.3. The zero-order valence-corrected chi connectivity index (χ0v) is 20.4. The van der Waals surface area contributed by atoms with Crippen LogP contribution in [0, 0.1) is 5.92 Å². The normalized spacial score (nSPS) is 16.7. The number of aromatic amines is 1. The number of carboxylic acid groups (broad SMARTS) is 2. The monoisotopic (exact) mass is 506 g/mol. The molecule has 2 unspecified atom stereocenters. The molecule has 1 aliphatic rings. The number of hydroxylamine groups is 2. The van der Waals surface area contributed by atoms with Gasteiger partial charge in [0.1, 0.15) is 0 Å². The highest BCUT2D eigenvalue weighted by Crippen LogP contribution is 2.33. The standard InChI is InChI=1S/C23H30N4O7S/c1-3-27(34-20(30)11-23(33,21(31)32)10-19(28)29)22(35)25-14-5-7-18-16(9-14)15-8-13(12-24-2)4-6-17(15)26-18/h5,7,9,13,24,26,33H,3-4,6,8,10-12H2,1-2H3,(H,25,35)(H,28,29)(H,31,32). The lowest BCUT2D eigenvalue weighted by molar-refractivity contribution is -0.185. The molecular weight excluding hydrogens is 476 g/mol. The van der Waals surface area contributed by atoms with E-state index in [4.69, 9.17) is 27.3 Å². The van der Waals surface area contributed by atoms with Crippen LogP contribution < -0.4 is 10.6 Å². The maximum absolute atomic E-state index is 12.3. The minimum atomic E-state index is -2.79. The molecule has 1 heterocycles. The van der Waals surface area contributed by atoms with E-state index in [0.717, 1.165) is 41.8 Å². The van der Waals surface area contributed by atoms with Crippen molar-refractivity contribution in [2.75, 3.05) is 25.5 Å². The highest BCUT2D eigenvalue weighted by atomic mass is 32.1. The van der Waals surface area contributed by atoms with Crippen LogP contribution in [0.2, 0.25) is 0 Å². The van der Waals surface area contributed by atoms with Gasteiger partial charge in [-0.2, -0.15) is 5.06 Å². The van der Waals surface area contributed by atoms with Crippen molar-refractivity contribution in [1.82, 2.24) is 15.4 Å². The van der Waals surface area contributed by atoms with Crippen molar-refractivity contribution >= 4 is 51.8 Å². The number of carbonyl (C=O) groups excluding carboxylic acids is 1. The zero-order valence-electron chi connectivity index (χ0n) is 19.6. The van der Waals surface area contributed by atoms with E-state index < -0.39 is 36.4 Å². The molecule has 2 atom stereocenters. The fraction of sp³-hybridized carbons (Fsp3) is 0.478. The van der Waals surface area contributed by atoms with Gasteiger partial charge in [0.25, 0.3) is 0 Å². The number of nitrogens with zero attached hydrogens (tertiary/aromatic N) is 1. The van der Waals surface area contributed by atoms with Crippen LogP contribution in [-0.2, 0) is 32.1 Å². The van der Waals surface area contributed by atoms with Crippen LogP contribution in [0.4, 0.5) is 5.69 Å². The highest BCUT2D eigenvalue weighted by molar-refractivity contribution is 7.80. The van der Waals surface area contributed by atoms with Gasteiger partial charge < -0.3 is 35.8 Å². The smallest absolute Gasteiger partial charge is 0.336 e. The fourth-order valence-electron chi connectivity index (χ4n) is 4.32. The molecule has 0 bridgehead atoms. The van der Waals surface area contributed by atoms with Gasteiger partial charge in [0.05, 0.1) is 19.4 Å². The molecule has 1 aliphatic carbocycles. The van der Waals surface area contributed by atoms with Gasteiger partial charge in [-0.15, -0.1) is 0 Å². The third kappa shape index (κ3) is 6.27. The molecule has 0 radical (unpaired) electrons. The van der Waals surface area contributed by atoms with Crippen LogP contribution >= 0.6 is 12.2 Å². The van der Waals surface area contributed by atoms with Gasteiger partial charge in [-0.25, -0.2) is 9.59 Å². The Morgan fingerprint density at radius 1 is 1.29 bits per heavy atom. The Kier molecular flexibility index (Phi) is 8.30. The number of H-pyrrole nitrogens is 1. The van der Waals surface area contributed by atoms with E-state index in [1.54, 1.807) is 6.92 Å². The first kappa shape index (κ1) is 26.4. The van der Waals surface area contributed by atoms with Gasteiger partial charge in [0, 0.05) is 22.3 Å². The zero-order chi connectivity index (χ0) is 25.8. The Labute approximate surface area is 207 Å². The largest absolute Gasteiger partial charge is 0.481 e. The van der Waals surface area contributed by atoms with Gasteiger partial charge in [0.2, 0.25) is 5.11 Å². The van der Waals surface area contributed by atoms with E-state index in [1.807, 2.05) is 25.2 Å². The molecule has 3 rings (SSSR count). The van der Waals surface area contributed by atoms with Crippen molar-refractivity contribution in [3.63, 3.8) is 0 Å².